The van der Waals surface area contributed by atoms with Gasteiger partial charge in [-0.1, -0.05) is 17.7 Å². The Hall–Kier alpha value is -3.74. The number of pyridine rings is 2. The molecule has 0 atom stereocenters. The summed E-state index contributed by atoms with van der Waals surface area (Å²) in [4.78, 5) is 21.0. The average Bonchev–Trinajstić information content (AvgIpc) is 2.75. The number of anilines is 1. The molecule has 0 aliphatic heterocycles. The van der Waals surface area contributed by atoms with Crippen LogP contribution in [0.4, 0.5) is 5.69 Å². The summed E-state index contributed by atoms with van der Waals surface area (Å²) < 4.78 is 0. The van der Waals surface area contributed by atoms with Crippen molar-refractivity contribution in [3.8, 4) is 23.3 Å². The molecule has 0 saturated heterocycles. The molecule has 0 aliphatic carbocycles. The first kappa shape index (κ1) is 21.0. The largest absolute Gasteiger partial charge is 0.322 e. The zero-order chi connectivity index (χ0) is 21.9. The van der Waals surface area contributed by atoms with Gasteiger partial charge in [-0.15, -0.1) is 0 Å². The molecule has 1 amide bonds. The summed E-state index contributed by atoms with van der Waals surface area (Å²) >= 11 is 5.93. The molecule has 148 valence electrons. The zero-order valence-electron chi connectivity index (χ0n) is 16.7. The number of benzene rings is 1. The predicted octanol–water partition coefficient (Wildman–Crippen LogP) is 5.03. The van der Waals surface area contributed by atoms with Crippen LogP contribution in [0.5, 0.6) is 0 Å². The van der Waals surface area contributed by atoms with Crippen LogP contribution in [-0.2, 0) is 5.41 Å². The summed E-state index contributed by atoms with van der Waals surface area (Å²) in [5.74, 6) is -0.311. The lowest BCUT2D eigenvalue weighted by molar-refractivity contribution is 0.102. The predicted molar refractivity (Wildman–Crippen MR) is 115 cm³/mol. The van der Waals surface area contributed by atoms with Gasteiger partial charge >= 0.3 is 0 Å². The topological polar surface area (TPSA) is 102 Å². The van der Waals surface area contributed by atoms with Crippen LogP contribution in [0.15, 0.2) is 48.8 Å². The van der Waals surface area contributed by atoms with Gasteiger partial charge in [-0.25, -0.2) is 4.98 Å². The van der Waals surface area contributed by atoms with E-state index >= 15 is 0 Å². The molecule has 2 heterocycles. The zero-order valence-corrected chi connectivity index (χ0v) is 17.4. The van der Waals surface area contributed by atoms with Crippen molar-refractivity contribution in [2.75, 3.05) is 5.32 Å². The Balaban J connectivity index is 1.91. The van der Waals surface area contributed by atoms with E-state index in [0.29, 0.717) is 16.9 Å². The van der Waals surface area contributed by atoms with Crippen molar-refractivity contribution in [3.63, 3.8) is 0 Å². The van der Waals surface area contributed by atoms with Crippen molar-refractivity contribution in [1.29, 1.82) is 10.5 Å². The molecule has 0 unspecified atom stereocenters. The molecule has 3 rings (SSSR count). The summed E-state index contributed by atoms with van der Waals surface area (Å²) in [7, 11) is 0. The molecule has 1 aromatic carbocycles. The molecule has 2 aromatic heterocycles. The Morgan fingerprint density at radius 3 is 2.60 bits per heavy atom. The highest BCUT2D eigenvalue weighted by molar-refractivity contribution is 6.30. The fourth-order valence-electron chi connectivity index (χ4n) is 2.86. The normalized spacial score (nSPS) is 10.7. The summed E-state index contributed by atoms with van der Waals surface area (Å²) in [5.41, 5.74) is 3.53. The lowest BCUT2D eigenvalue weighted by Crippen LogP contribution is -2.18. The molecule has 0 radical (unpaired) electrons. The second kappa shape index (κ2) is 8.32. The molecule has 0 spiro atoms. The summed E-state index contributed by atoms with van der Waals surface area (Å²) in [6, 6.07) is 14.6. The number of aromatic nitrogens is 2. The molecule has 0 bridgehead atoms. The number of nitrogens with one attached hydrogen (secondary N) is 1. The Morgan fingerprint density at radius 1 is 1.13 bits per heavy atom. The first-order valence-corrected chi connectivity index (χ1v) is 9.49. The molecule has 7 heteroatoms. The fraction of sp³-hybridized carbons (Fsp3) is 0.174. The van der Waals surface area contributed by atoms with Crippen molar-refractivity contribution in [2.24, 2.45) is 0 Å². The summed E-state index contributed by atoms with van der Waals surface area (Å²) in [6.45, 7) is 5.43. The molecule has 6 nitrogen and oxygen atoms in total. The number of halogens is 1. The number of carbonyl (C=O) groups excluding carboxylic acids is 1. The van der Waals surface area contributed by atoms with Crippen LogP contribution in [0, 0.1) is 29.6 Å². The maximum Gasteiger partial charge on any atom is 0.255 e. The van der Waals surface area contributed by atoms with Crippen LogP contribution in [0.3, 0.4) is 0 Å². The standard InChI is InChI=1S/C23H18ClN5O/c1-14-4-5-18(10-19(14)17-8-16(11-25)21(24)28-12-17)29-22(30)15-6-7-27-20(9-15)23(2,3)13-26/h4-10,12H,1-3H3,(H,29,30). The van der Waals surface area contributed by atoms with Gasteiger partial charge in [0.25, 0.3) is 5.91 Å². The van der Waals surface area contributed by atoms with Gasteiger partial charge in [-0.3, -0.25) is 9.78 Å². The Morgan fingerprint density at radius 2 is 1.90 bits per heavy atom. The number of hydrogen-bond acceptors (Lipinski definition) is 5. The van der Waals surface area contributed by atoms with E-state index < -0.39 is 5.41 Å². The van der Waals surface area contributed by atoms with Crippen molar-refractivity contribution >= 4 is 23.2 Å². The Labute approximate surface area is 179 Å². The minimum atomic E-state index is -0.798. The first-order chi connectivity index (χ1) is 14.2. The number of hydrogen-bond donors (Lipinski definition) is 1. The Kier molecular flexibility index (Phi) is 5.82. The third-order valence-electron chi connectivity index (χ3n) is 4.71. The van der Waals surface area contributed by atoms with Gasteiger partial charge in [0, 0.05) is 29.2 Å². The van der Waals surface area contributed by atoms with Gasteiger partial charge in [-0.05, 0) is 62.2 Å². The average molecular weight is 416 g/mol. The number of rotatable bonds is 4. The van der Waals surface area contributed by atoms with Crippen molar-refractivity contribution in [2.45, 2.75) is 26.2 Å². The fourth-order valence-corrected chi connectivity index (χ4v) is 3.00. The third kappa shape index (κ3) is 4.30. The molecular weight excluding hydrogens is 398 g/mol. The van der Waals surface area contributed by atoms with Crippen molar-refractivity contribution in [3.05, 3.63) is 76.3 Å². The van der Waals surface area contributed by atoms with E-state index in [1.54, 1.807) is 44.3 Å². The highest BCUT2D eigenvalue weighted by Crippen LogP contribution is 2.29. The molecule has 0 fully saturated rings. The third-order valence-corrected chi connectivity index (χ3v) is 5.01. The molecular formula is C23H18ClN5O. The van der Waals surface area contributed by atoms with E-state index in [9.17, 15) is 15.3 Å². The maximum absolute atomic E-state index is 12.8. The second-order valence-electron chi connectivity index (χ2n) is 7.32. The number of carbonyl (C=O) groups is 1. The highest BCUT2D eigenvalue weighted by atomic mass is 35.5. The van der Waals surface area contributed by atoms with E-state index in [2.05, 4.69) is 21.4 Å². The minimum Gasteiger partial charge on any atom is -0.322 e. The van der Waals surface area contributed by atoms with Gasteiger partial charge < -0.3 is 5.32 Å². The molecule has 0 aliphatic rings. The number of amides is 1. The van der Waals surface area contributed by atoms with Gasteiger partial charge in [0.15, 0.2) is 0 Å². The number of nitriles is 2. The van der Waals surface area contributed by atoms with Gasteiger partial charge in [0.05, 0.1) is 22.7 Å². The van der Waals surface area contributed by atoms with E-state index in [1.807, 2.05) is 25.1 Å². The lowest BCUT2D eigenvalue weighted by atomic mass is 9.90. The lowest BCUT2D eigenvalue weighted by Gasteiger charge is -2.15. The summed E-state index contributed by atoms with van der Waals surface area (Å²) in [6.07, 6.45) is 3.11. The van der Waals surface area contributed by atoms with Gasteiger partial charge in [0.1, 0.15) is 11.2 Å². The van der Waals surface area contributed by atoms with Crippen LogP contribution >= 0.6 is 11.6 Å². The molecule has 0 saturated carbocycles. The first-order valence-electron chi connectivity index (χ1n) is 9.11. The monoisotopic (exact) mass is 415 g/mol. The number of aryl methyl sites for hydroxylation is 1. The van der Waals surface area contributed by atoms with Crippen LogP contribution in [0.2, 0.25) is 5.15 Å². The molecule has 1 N–H and O–H groups in total. The number of nitrogens with zero attached hydrogens (tertiary/aromatic N) is 4. The Bertz CT molecular complexity index is 1220. The summed E-state index contributed by atoms with van der Waals surface area (Å²) in [5, 5.41) is 21.5. The highest BCUT2D eigenvalue weighted by Gasteiger charge is 2.22. The van der Waals surface area contributed by atoms with E-state index in [-0.39, 0.29) is 16.6 Å². The van der Waals surface area contributed by atoms with E-state index in [0.717, 1.165) is 16.7 Å². The second-order valence-corrected chi connectivity index (χ2v) is 7.68. The maximum atomic E-state index is 12.8. The van der Waals surface area contributed by atoms with E-state index in [4.69, 9.17) is 11.6 Å². The SMILES string of the molecule is Cc1ccc(NC(=O)c2ccnc(C(C)(C)C#N)c2)cc1-c1cnc(Cl)c(C#N)c1. The van der Waals surface area contributed by atoms with Crippen molar-refractivity contribution in [1.82, 2.24) is 9.97 Å². The van der Waals surface area contributed by atoms with Crippen LogP contribution in [-0.4, -0.2) is 15.9 Å². The smallest absolute Gasteiger partial charge is 0.255 e. The van der Waals surface area contributed by atoms with Gasteiger partial charge in [-0.2, -0.15) is 10.5 Å². The van der Waals surface area contributed by atoms with Crippen molar-refractivity contribution < 1.29 is 4.79 Å². The van der Waals surface area contributed by atoms with Crippen LogP contribution in [0.25, 0.3) is 11.1 Å². The minimum absolute atomic E-state index is 0.150. The van der Waals surface area contributed by atoms with E-state index in [1.165, 1.54) is 6.20 Å². The quantitative estimate of drug-likeness (QED) is 0.602. The van der Waals surface area contributed by atoms with Crippen LogP contribution < -0.4 is 5.32 Å². The molecule has 30 heavy (non-hydrogen) atoms. The van der Waals surface area contributed by atoms with Crippen LogP contribution in [0.1, 0.15) is 41.0 Å². The van der Waals surface area contributed by atoms with Gasteiger partial charge in [0.2, 0.25) is 0 Å². The molecule has 3 aromatic rings.